The van der Waals surface area contributed by atoms with Gasteiger partial charge in [0.1, 0.15) is 5.54 Å². The van der Waals surface area contributed by atoms with E-state index in [-0.39, 0.29) is 11.4 Å². The van der Waals surface area contributed by atoms with Crippen LogP contribution < -0.4 is 5.32 Å². The Balaban J connectivity index is 1.65. The number of fused-ring (bicyclic) bond motifs is 1. The van der Waals surface area contributed by atoms with E-state index in [9.17, 15) is 4.79 Å². The van der Waals surface area contributed by atoms with E-state index in [1.165, 1.54) is 0 Å². The monoisotopic (exact) mass is 298 g/mol. The van der Waals surface area contributed by atoms with Crippen molar-refractivity contribution in [3.8, 4) is 0 Å². The summed E-state index contributed by atoms with van der Waals surface area (Å²) < 4.78 is 1.91. The molecule has 1 saturated carbocycles. The zero-order valence-electron chi connectivity index (χ0n) is 12.5. The highest BCUT2D eigenvalue weighted by molar-refractivity contribution is 5.95. The van der Waals surface area contributed by atoms with Crippen LogP contribution in [-0.4, -0.2) is 44.1 Å². The van der Waals surface area contributed by atoms with Gasteiger partial charge in [-0.2, -0.15) is 5.10 Å². The van der Waals surface area contributed by atoms with Crippen LogP contribution in [0.25, 0.3) is 0 Å². The Kier molecular flexibility index (Phi) is 2.97. The summed E-state index contributed by atoms with van der Waals surface area (Å²) >= 11 is 0. The highest BCUT2D eigenvalue weighted by Gasteiger charge is 2.53. The molecule has 1 amide bonds. The fraction of sp³-hybridized carbons (Fsp3) is 0.467. The van der Waals surface area contributed by atoms with E-state index in [0.717, 1.165) is 37.4 Å². The maximum absolute atomic E-state index is 12.9. The first-order valence-corrected chi connectivity index (χ1v) is 7.53. The summed E-state index contributed by atoms with van der Waals surface area (Å²) in [5.74, 6) is 0.722. The Bertz CT molecular complexity index is 706. The van der Waals surface area contributed by atoms with Gasteiger partial charge in [-0.15, -0.1) is 0 Å². The minimum Gasteiger partial charge on any atom is -0.329 e. The second-order valence-electron chi connectivity index (χ2n) is 5.87. The lowest BCUT2D eigenvalue weighted by atomic mass is 10.1. The van der Waals surface area contributed by atoms with E-state index in [1.54, 1.807) is 29.6 Å². The molecule has 4 rings (SSSR count). The number of nitrogens with one attached hydrogen (secondary N) is 1. The van der Waals surface area contributed by atoms with E-state index in [1.807, 2.05) is 11.7 Å². The molecule has 0 saturated heterocycles. The minimum absolute atomic E-state index is 0.00472. The van der Waals surface area contributed by atoms with Crippen LogP contribution in [0.1, 0.15) is 34.7 Å². The van der Waals surface area contributed by atoms with Crippen molar-refractivity contribution in [3.05, 3.63) is 41.7 Å². The molecule has 114 valence electrons. The Labute approximate surface area is 128 Å². The second-order valence-corrected chi connectivity index (χ2v) is 5.87. The van der Waals surface area contributed by atoms with E-state index < -0.39 is 0 Å². The van der Waals surface area contributed by atoms with Gasteiger partial charge in [-0.05, 0) is 18.9 Å². The molecule has 0 aromatic carbocycles. The molecular formula is C15H18N6O. The van der Waals surface area contributed by atoms with Crippen molar-refractivity contribution in [2.24, 2.45) is 0 Å². The highest BCUT2D eigenvalue weighted by atomic mass is 16.2. The predicted octanol–water partition coefficient (Wildman–Crippen LogP) is 0.538. The molecule has 7 heteroatoms. The van der Waals surface area contributed by atoms with E-state index in [0.29, 0.717) is 12.1 Å². The smallest absolute Gasteiger partial charge is 0.257 e. The first-order valence-electron chi connectivity index (χ1n) is 7.53. The van der Waals surface area contributed by atoms with Crippen LogP contribution in [0.5, 0.6) is 0 Å². The van der Waals surface area contributed by atoms with Crippen molar-refractivity contribution < 1.29 is 4.79 Å². The average Bonchev–Trinajstić information content (AvgIpc) is 3.28. The van der Waals surface area contributed by atoms with Gasteiger partial charge < -0.3 is 10.2 Å². The first kappa shape index (κ1) is 13.4. The zero-order valence-corrected chi connectivity index (χ0v) is 12.5. The number of amides is 1. The summed E-state index contributed by atoms with van der Waals surface area (Å²) in [7, 11) is 1.84. The van der Waals surface area contributed by atoms with Gasteiger partial charge in [-0.1, -0.05) is 0 Å². The molecule has 2 aromatic rings. The van der Waals surface area contributed by atoms with Gasteiger partial charge in [-0.25, -0.2) is 9.97 Å². The van der Waals surface area contributed by atoms with E-state index >= 15 is 0 Å². The lowest BCUT2D eigenvalue weighted by Crippen LogP contribution is -2.39. The number of hydrogen-bond donors (Lipinski definition) is 1. The van der Waals surface area contributed by atoms with Gasteiger partial charge in [0.25, 0.3) is 5.91 Å². The summed E-state index contributed by atoms with van der Waals surface area (Å²) in [5, 5.41) is 7.62. The maximum atomic E-state index is 12.9. The van der Waals surface area contributed by atoms with Gasteiger partial charge >= 0.3 is 0 Å². The van der Waals surface area contributed by atoms with E-state index in [4.69, 9.17) is 0 Å². The Morgan fingerprint density at radius 3 is 2.86 bits per heavy atom. The molecule has 0 atom stereocenters. The summed E-state index contributed by atoms with van der Waals surface area (Å²) in [6.07, 6.45) is 6.95. The third-order valence-electron chi connectivity index (χ3n) is 4.62. The molecular weight excluding hydrogens is 280 g/mol. The topological polar surface area (TPSA) is 75.9 Å². The second kappa shape index (κ2) is 4.88. The number of carbonyl (C=O) groups is 1. The van der Waals surface area contributed by atoms with Gasteiger partial charge in [-0.3, -0.25) is 9.48 Å². The molecule has 0 unspecified atom stereocenters. The Morgan fingerprint density at radius 2 is 2.14 bits per heavy atom. The fourth-order valence-corrected chi connectivity index (χ4v) is 3.10. The molecule has 0 radical (unpaired) electrons. The van der Waals surface area contributed by atoms with Crippen LogP contribution in [0.3, 0.4) is 0 Å². The Morgan fingerprint density at radius 1 is 1.36 bits per heavy atom. The molecule has 7 nitrogen and oxygen atoms in total. The summed E-state index contributed by atoms with van der Waals surface area (Å²) in [4.78, 5) is 23.4. The maximum Gasteiger partial charge on any atom is 0.257 e. The number of rotatable bonds is 3. The molecule has 1 aliphatic carbocycles. The van der Waals surface area contributed by atoms with E-state index in [2.05, 4.69) is 20.4 Å². The van der Waals surface area contributed by atoms with Crippen LogP contribution in [-0.2, 0) is 18.6 Å². The molecule has 2 aromatic heterocycles. The molecule has 1 aliphatic heterocycles. The van der Waals surface area contributed by atoms with Crippen LogP contribution >= 0.6 is 0 Å². The summed E-state index contributed by atoms with van der Waals surface area (Å²) in [6, 6.07) is 1.79. The van der Waals surface area contributed by atoms with Gasteiger partial charge in [0, 0.05) is 32.5 Å². The molecule has 1 N–H and O–H groups in total. The number of nitrogens with zero attached hydrogens (tertiary/aromatic N) is 5. The third kappa shape index (κ3) is 1.93. The average molecular weight is 298 g/mol. The third-order valence-corrected chi connectivity index (χ3v) is 4.62. The van der Waals surface area contributed by atoms with Gasteiger partial charge in [0.15, 0.2) is 5.82 Å². The lowest BCUT2D eigenvalue weighted by molar-refractivity contribution is 0.0694. The first-order chi connectivity index (χ1) is 10.7. The standard InChI is InChI=1S/C15H18N6O/c1-20(15(3-4-15)14-17-5-2-6-18-14)13(22)11-9-19-21-8-7-16-10-12(11)21/h2,5-6,9,16H,3-4,7-8,10H2,1H3. The number of aromatic nitrogens is 4. The Hall–Kier alpha value is -2.28. The van der Waals surface area contributed by atoms with Crippen LogP contribution in [0.4, 0.5) is 0 Å². The van der Waals surface area contributed by atoms with Gasteiger partial charge in [0.05, 0.1) is 24.0 Å². The van der Waals surface area contributed by atoms with Gasteiger partial charge in [0.2, 0.25) is 0 Å². The largest absolute Gasteiger partial charge is 0.329 e. The molecule has 22 heavy (non-hydrogen) atoms. The van der Waals surface area contributed by atoms with Crippen LogP contribution in [0, 0.1) is 0 Å². The van der Waals surface area contributed by atoms with Crippen molar-refractivity contribution in [2.75, 3.05) is 13.6 Å². The van der Waals surface area contributed by atoms with Crippen molar-refractivity contribution in [1.29, 1.82) is 0 Å². The molecule has 1 fully saturated rings. The fourth-order valence-electron chi connectivity index (χ4n) is 3.10. The van der Waals surface area contributed by atoms with Crippen molar-refractivity contribution >= 4 is 5.91 Å². The van der Waals surface area contributed by atoms with Crippen LogP contribution in [0.2, 0.25) is 0 Å². The number of hydrogen-bond acceptors (Lipinski definition) is 5. The SMILES string of the molecule is CN(C(=O)c1cnn2c1CNCC2)C1(c2ncccn2)CC1. The lowest BCUT2D eigenvalue weighted by Gasteiger charge is -2.27. The minimum atomic E-state index is -0.352. The summed E-state index contributed by atoms with van der Waals surface area (Å²) in [6.45, 7) is 2.38. The normalized spacial score (nSPS) is 18.6. The number of carbonyl (C=O) groups excluding carboxylic acids is 1. The van der Waals surface area contributed by atoms with Crippen molar-refractivity contribution in [3.63, 3.8) is 0 Å². The highest BCUT2D eigenvalue weighted by Crippen LogP contribution is 2.49. The van der Waals surface area contributed by atoms with Crippen molar-refractivity contribution in [2.45, 2.75) is 31.5 Å². The molecule has 3 heterocycles. The van der Waals surface area contributed by atoms with Crippen LogP contribution in [0.15, 0.2) is 24.7 Å². The zero-order chi connectivity index (χ0) is 15.2. The summed E-state index contributed by atoms with van der Waals surface area (Å²) in [5.41, 5.74) is 1.29. The molecule has 0 bridgehead atoms. The van der Waals surface area contributed by atoms with Crippen molar-refractivity contribution in [1.82, 2.24) is 30.0 Å². The predicted molar refractivity (Wildman–Crippen MR) is 79.0 cm³/mol. The quantitative estimate of drug-likeness (QED) is 0.895. The molecule has 2 aliphatic rings. The molecule has 0 spiro atoms.